The highest BCUT2D eigenvalue weighted by Crippen LogP contribution is 2.29. The molecule has 0 spiro atoms. The molecule has 2 atom stereocenters. The van der Waals surface area contributed by atoms with Crippen molar-refractivity contribution in [2.75, 3.05) is 41.7 Å². The average Bonchev–Trinajstić information content (AvgIpc) is 2.80. The molecule has 0 saturated carbocycles. The van der Waals surface area contributed by atoms with Gasteiger partial charge in [0.1, 0.15) is 12.2 Å². The molecular weight excluding hydrogens is 392 g/mol. The normalized spacial score (nSPS) is 12.9. The lowest BCUT2D eigenvalue weighted by molar-refractivity contribution is -0.119. The number of rotatable bonds is 13. The van der Waals surface area contributed by atoms with Crippen molar-refractivity contribution in [1.82, 2.24) is 0 Å². The summed E-state index contributed by atoms with van der Waals surface area (Å²) in [5.41, 5.74) is 1.67. The van der Waals surface area contributed by atoms with E-state index in [-0.39, 0.29) is 26.4 Å². The van der Waals surface area contributed by atoms with E-state index in [0.717, 1.165) is 11.1 Å². The first kappa shape index (κ1) is 23.8. The molecule has 0 saturated heterocycles. The number of aliphatic hydroxyl groups excluding tert-OH is 2. The van der Waals surface area contributed by atoms with Crippen LogP contribution in [0.4, 0.5) is 0 Å². The van der Waals surface area contributed by atoms with Crippen molar-refractivity contribution < 1.29 is 38.6 Å². The molecule has 166 valence electrons. The summed E-state index contributed by atoms with van der Waals surface area (Å²) in [6.07, 6.45) is -1.41. The van der Waals surface area contributed by atoms with Gasteiger partial charge in [0, 0.05) is 0 Å². The number of aliphatic hydroxyl groups is 2. The summed E-state index contributed by atoms with van der Waals surface area (Å²) in [6, 6.07) is 10.8. The Morgan fingerprint density at radius 2 is 0.967 bits per heavy atom. The van der Waals surface area contributed by atoms with E-state index in [1.807, 2.05) is 12.1 Å². The molecule has 0 unspecified atom stereocenters. The van der Waals surface area contributed by atoms with Crippen molar-refractivity contribution in [1.29, 1.82) is 0 Å². The zero-order chi connectivity index (χ0) is 21.9. The summed E-state index contributed by atoms with van der Waals surface area (Å²) in [4.78, 5) is 0. The van der Waals surface area contributed by atoms with Gasteiger partial charge >= 0.3 is 0 Å². The Kier molecular flexibility index (Phi) is 9.69. The molecule has 2 rings (SSSR count). The van der Waals surface area contributed by atoms with Gasteiger partial charge < -0.3 is 38.6 Å². The van der Waals surface area contributed by atoms with E-state index < -0.39 is 12.2 Å². The molecule has 8 nitrogen and oxygen atoms in total. The summed E-state index contributed by atoms with van der Waals surface area (Å²) < 4.78 is 32.6. The Labute approximate surface area is 176 Å². The smallest absolute Gasteiger partial charge is 0.161 e. The fraction of sp³-hybridized carbons (Fsp3) is 0.455. The highest BCUT2D eigenvalue weighted by Gasteiger charge is 2.22. The fourth-order valence-electron chi connectivity index (χ4n) is 2.90. The molecule has 0 bridgehead atoms. The van der Waals surface area contributed by atoms with E-state index in [1.54, 1.807) is 52.7 Å². The number of methoxy groups -OCH3 is 4. The minimum atomic E-state index is -0.705. The zero-order valence-corrected chi connectivity index (χ0v) is 17.8. The highest BCUT2D eigenvalue weighted by molar-refractivity contribution is 5.43. The molecule has 0 aromatic heterocycles. The molecule has 0 aliphatic rings. The van der Waals surface area contributed by atoms with Crippen LogP contribution in [0.2, 0.25) is 0 Å². The van der Waals surface area contributed by atoms with Crippen molar-refractivity contribution >= 4 is 0 Å². The summed E-state index contributed by atoms with van der Waals surface area (Å²) in [5.74, 6) is 2.41. The Morgan fingerprint density at radius 3 is 1.27 bits per heavy atom. The van der Waals surface area contributed by atoms with Crippen molar-refractivity contribution in [3.05, 3.63) is 47.5 Å². The predicted molar refractivity (Wildman–Crippen MR) is 110 cm³/mol. The van der Waals surface area contributed by atoms with Crippen LogP contribution in [0.5, 0.6) is 23.0 Å². The van der Waals surface area contributed by atoms with Crippen molar-refractivity contribution in [3.8, 4) is 23.0 Å². The first-order chi connectivity index (χ1) is 14.6. The van der Waals surface area contributed by atoms with Crippen LogP contribution in [-0.4, -0.2) is 64.1 Å². The van der Waals surface area contributed by atoms with Crippen LogP contribution in [0.3, 0.4) is 0 Å². The number of hydrogen-bond acceptors (Lipinski definition) is 8. The number of ether oxygens (including phenoxy) is 6. The van der Waals surface area contributed by atoms with Crippen LogP contribution in [-0.2, 0) is 22.7 Å². The van der Waals surface area contributed by atoms with Gasteiger partial charge in [-0.15, -0.1) is 0 Å². The fourth-order valence-corrected chi connectivity index (χ4v) is 2.90. The Hall–Kier alpha value is -2.52. The molecular formula is C22H30O8. The molecule has 0 heterocycles. The van der Waals surface area contributed by atoms with E-state index >= 15 is 0 Å². The Morgan fingerprint density at radius 1 is 0.600 bits per heavy atom. The van der Waals surface area contributed by atoms with Gasteiger partial charge in [-0.05, 0) is 35.4 Å². The summed E-state index contributed by atoms with van der Waals surface area (Å²) in [6.45, 7) is -0.182. The van der Waals surface area contributed by atoms with E-state index in [2.05, 4.69) is 0 Å². The second-order valence-electron chi connectivity index (χ2n) is 6.44. The van der Waals surface area contributed by atoms with Crippen molar-refractivity contribution in [2.45, 2.75) is 25.4 Å². The molecule has 8 heteroatoms. The minimum absolute atomic E-state index is 0.210. The Bertz CT molecular complexity index is 714. The third-order valence-corrected chi connectivity index (χ3v) is 4.60. The second kappa shape index (κ2) is 12.2. The molecule has 2 aromatic rings. The van der Waals surface area contributed by atoms with Gasteiger partial charge in [0.05, 0.1) is 54.9 Å². The maximum absolute atomic E-state index is 9.74. The molecule has 0 fully saturated rings. The number of hydrogen-bond donors (Lipinski definition) is 2. The maximum Gasteiger partial charge on any atom is 0.161 e. The highest BCUT2D eigenvalue weighted by atomic mass is 16.6. The summed E-state index contributed by atoms with van der Waals surface area (Å²) in [5, 5.41) is 19.5. The van der Waals surface area contributed by atoms with Gasteiger partial charge in [-0.1, -0.05) is 12.1 Å². The Balaban J connectivity index is 1.98. The molecule has 30 heavy (non-hydrogen) atoms. The third kappa shape index (κ3) is 6.24. The van der Waals surface area contributed by atoms with Crippen molar-refractivity contribution in [2.24, 2.45) is 0 Å². The zero-order valence-electron chi connectivity index (χ0n) is 17.8. The molecule has 0 amide bonds. The lowest BCUT2D eigenvalue weighted by Crippen LogP contribution is -2.37. The van der Waals surface area contributed by atoms with Crippen LogP contribution < -0.4 is 18.9 Å². The van der Waals surface area contributed by atoms with Crippen LogP contribution in [0, 0.1) is 0 Å². The first-order valence-electron chi connectivity index (χ1n) is 9.46. The quantitative estimate of drug-likeness (QED) is 0.507. The van der Waals surface area contributed by atoms with Gasteiger partial charge in [0.25, 0.3) is 0 Å². The molecule has 0 aliphatic heterocycles. The first-order valence-corrected chi connectivity index (χ1v) is 9.46. The van der Waals surface area contributed by atoms with Gasteiger partial charge in [-0.25, -0.2) is 0 Å². The standard InChI is InChI=1S/C22H30O8/c1-25-17-7-5-15(9-19(17)27-3)13-29-21(11-23)22(12-24)30-14-16-6-8-18(26-2)20(10-16)28-4/h5-10,21-24H,11-14H2,1-4H3/t21-,22-/m0/s1. The monoisotopic (exact) mass is 422 g/mol. The number of benzene rings is 2. The van der Waals surface area contributed by atoms with Gasteiger partial charge in [-0.3, -0.25) is 0 Å². The van der Waals surface area contributed by atoms with Crippen LogP contribution in [0.1, 0.15) is 11.1 Å². The SMILES string of the molecule is COc1ccc(CO[C@@H](CO)[C@H](CO)OCc2ccc(OC)c(OC)c2)cc1OC. The lowest BCUT2D eigenvalue weighted by Gasteiger charge is -2.25. The van der Waals surface area contributed by atoms with Crippen LogP contribution in [0.25, 0.3) is 0 Å². The second-order valence-corrected chi connectivity index (χ2v) is 6.44. The van der Waals surface area contributed by atoms with Crippen LogP contribution in [0.15, 0.2) is 36.4 Å². The maximum atomic E-state index is 9.74. The molecule has 2 aromatic carbocycles. The largest absolute Gasteiger partial charge is 0.493 e. The third-order valence-electron chi connectivity index (χ3n) is 4.60. The van der Waals surface area contributed by atoms with Gasteiger partial charge in [0.15, 0.2) is 23.0 Å². The lowest BCUT2D eigenvalue weighted by atomic mass is 10.2. The summed E-state index contributed by atoms with van der Waals surface area (Å²) in [7, 11) is 6.25. The average molecular weight is 422 g/mol. The summed E-state index contributed by atoms with van der Waals surface area (Å²) >= 11 is 0. The minimum Gasteiger partial charge on any atom is -0.493 e. The predicted octanol–water partition coefficient (Wildman–Crippen LogP) is 2.18. The molecule has 2 N–H and O–H groups in total. The van der Waals surface area contributed by atoms with E-state index in [1.165, 1.54) is 0 Å². The molecule has 0 radical (unpaired) electrons. The van der Waals surface area contributed by atoms with Gasteiger partial charge in [-0.2, -0.15) is 0 Å². The molecule has 0 aliphatic carbocycles. The van der Waals surface area contributed by atoms with E-state index in [0.29, 0.717) is 23.0 Å². The van der Waals surface area contributed by atoms with E-state index in [9.17, 15) is 10.2 Å². The topological polar surface area (TPSA) is 95.8 Å². The van der Waals surface area contributed by atoms with Crippen LogP contribution >= 0.6 is 0 Å². The van der Waals surface area contributed by atoms with Gasteiger partial charge in [0.2, 0.25) is 0 Å². The van der Waals surface area contributed by atoms with Crippen molar-refractivity contribution in [3.63, 3.8) is 0 Å². The van der Waals surface area contributed by atoms with E-state index in [4.69, 9.17) is 28.4 Å².